The van der Waals surface area contributed by atoms with E-state index >= 15 is 0 Å². The molecule has 0 aromatic carbocycles. The molecule has 1 saturated carbocycles. The Labute approximate surface area is 110 Å². The van der Waals surface area contributed by atoms with Crippen molar-refractivity contribution in [3.63, 3.8) is 0 Å². The van der Waals surface area contributed by atoms with E-state index < -0.39 is 5.60 Å². The number of ether oxygens (including phenoxy) is 1. The van der Waals surface area contributed by atoms with E-state index in [-0.39, 0.29) is 12.1 Å². The number of carbonyl (C=O) groups is 1. The Morgan fingerprint density at radius 3 is 2.50 bits per heavy atom. The number of hydrogen-bond acceptors (Lipinski definition) is 3. The van der Waals surface area contributed by atoms with Crippen LogP contribution in [0.5, 0.6) is 0 Å². The van der Waals surface area contributed by atoms with Gasteiger partial charge in [-0.1, -0.05) is 6.42 Å². The molecule has 1 atom stereocenters. The molecule has 2 rings (SSSR count). The van der Waals surface area contributed by atoms with Crippen molar-refractivity contribution in [2.24, 2.45) is 11.1 Å². The molecule has 1 spiro atoms. The maximum Gasteiger partial charge on any atom is 0.410 e. The number of piperidine rings is 1. The summed E-state index contributed by atoms with van der Waals surface area (Å²) < 4.78 is 5.46. The van der Waals surface area contributed by atoms with Gasteiger partial charge in [0.15, 0.2) is 0 Å². The molecule has 1 aliphatic heterocycles. The van der Waals surface area contributed by atoms with Gasteiger partial charge in [0, 0.05) is 19.1 Å². The number of nitrogens with two attached hydrogens (primary N) is 1. The number of nitrogens with zero attached hydrogens (tertiary/aromatic N) is 1. The predicted octanol–water partition coefficient (Wildman–Crippen LogP) is 2.51. The summed E-state index contributed by atoms with van der Waals surface area (Å²) in [5.41, 5.74) is 5.91. The van der Waals surface area contributed by atoms with Crippen LogP contribution in [-0.2, 0) is 4.74 Å². The molecular formula is C14H26N2O2. The first-order chi connectivity index (χ1) is 8.35. The largest absolute Gasteiger partial charge is 0.444 e. The average molecular weight is 254 g/mol. The maximum absolute atomic E-state index is 12.1. The minimum absolute atomic E-state index is 0.161. The average Bonchev–Trinajstić information content (AvgIpc) is 2.23. The molecule has 18 heavy (non-hydrogen) atoms. The summed E-state index contributed by atoms with van der Waals surface area (Å²) in [7, 11) is 0. The summed E-state index contributed by atoms with van der Waals surface area (Å²) in [6, 6.07) is 0.161. The van der Waals surface area contributed by atoms with Crippen molar-refractivity contribution >= 4 is 6.09 Å². The van der Waals surface area contributed by atoms with Gasteiger partial charge in [-0.25, -0.2) is 4.79 Å². The van der Waals surface area contributed by atoms with Crippen LogP contribution in [0.4, 0.5) is 4.79 Å². The Morgan fingerprint density at radius 2 is 2.06 bits per heavy atom. The molecule has 4 heteroatoms. The monoisotopic (exact) mass is 254 g/mol. The molecule has 0 bridgehead atoms. The van der Waals surface area contributed by atoms with E-state index in [0.717, 1.165) is 19.4 Å². The third kappa shape index (κ3) is 2.79. The summed E-state index contributed by atoms with van der Waals surface area (Å²) in [5, 5.41) is 0. The van der Waals surface area contributed by atoms with Gasteiger partial charge in [-0.05, 0) is 51.9 Å². The Balaban J connectivity index is 1.98. The highest BCUT2D eigenvalue weighted by Gasteiger charge is 2.45. The summed E-state index contributed by atoms with van der Waals surface area (Å²) >= 11 is 0. The highest BCUT2D eigenvalue weighted by atomic mass is 16.6. The molecule has 1 heterocycles. The van der Waals surface area contributed by atoms with E-state index in [0.29, 0.717) is 12.0 Å². The molecule has 2 N–H and O–H groups in total. The van der Waals surface area contributed by atoms with Crippen LogP contribution in [0.3, 0.4) is 0 Å². The van der Waals surface area contributed by atoms with Crippen LogP contribution in [-0.4, -0.2) is 35.7 Å². The van der Waals surface area contributed by atoms with Gasteiger partial charge in [-0.15, -0.1) is 0 Å². The van der Waals surface area contributed by atoms with Crippen LogP contribution in [0.1, 0.15) is 52.9 Å². The molecule has 1 aliphatic carbocycles. The van der Waals surface area contributed by atoms with Crippen LogP contribution in [0.25, 0.3) is 0 Å². The summed E-state index contributed by atoms with van der Waals surface area (Å²) in [5.74, 6) is 0. The molecule has 1 amide bonds. The molecule has 0 aromatic rings. The van der Waals surface area contributed by atoms with Crippen LogP contribution in [0.15, 0.2) is 0 Å². The predicted molar refractivity (Wildman–Crippen MR) is 71.3 cm³/mol. The van der Waals surface area contributed by atoms with Gasteiger partial charge < -0.3 is 15.4 Å². The standard InChI is InChI=1S/C14H26N2O2/c1-13(2,3)18-12(17)16-8-7-14(5-4-6-14)9-11(16)10-15/h11H,4-10,15H2,1-3H3. The topological polar surface area (TPSA) is 55.6 Å². The maximum atomic E-state index is 12.1. The van der Waals surface area contributed by atoms with Crippen molar-refractivity contribution in [2.75, 3.05) is 13.1 Å². The van der Waals surface area contributed by atoms with E-state index in [1.54, 1.807) is 0 Å². The van der Waals surface area contributed by atoms with Gasteiger partial charge in [0.1, 0.15) is 5.60 Å². The van der Waals surface area contributed by atoms with Gasteiger partial charge in [-0.2, -0.15) is 0 Å². The Kier molecular flexibility index (Phi) is 3.58. The normalized spacial score (nSPS) is 26.9. The molecule has 0 radical (unpaired) electrons. The van der Waals surface area contributed by atoms with Crippen LogP contribution >= 0.6 is 0 Å². The van der Waals surface area contributed by atoms with E-state index in [2.05, 4.69) is 0 Å². The Morgan fingerprint density at radius 1 is 1.39 bits per heavy atom. The Bertz CT molecular complexity index is 318. The number of likely N-dealkylation sites (tertiary alicyclic amines) is 1. The number of carbonyl (C=O) groups excluding carboxylic acids is 1. The molecule has 104 valence electrons. The fraction of sp³-hybridized carbons (Fsp3) is 0.929. The molecule has 2 fully saturated rings. The lowest BCUT2D eigenvalue weighted by Gasteiger charge is -2.51. The van der Waals surface area contributed by atoms with Crippen molar-refractivity contribution in [1.82, 2.24) is 4.90 Å². The van der Waals surface area contributed by atoms with Crippen molar-refractivity contribution in [2.45, 2.75) is 64.5 Å². The van der Waals surface area contributed by atoms with Gasteiger partial charge in [0.25, 0.3) is 0 Å². The van der Waals surface area contributed by atoms with Crippen LogP contribution < -0.4 is 5.73 Å². The quantitative estimate of drug-likeness (QED) is 0.782. The Hall–Kier alpha value is -0.770. The highest BCUT2D eigenvalue weighted by molar-refractivity contribution is 5.68. The van der Waals surface area contributed by atoms with Crippen LogP contribution in [0.2, 0.25) is 0 Å². The highest BCUT2D eigenvalue weighted by Crippen LogP contribution is 2.50. The lowest BCUT2D eigenvalue weighted by atomic mass is 9.61. The number of amides is 1. The van der Waals surface area contributed by atoms with E-state index in [1.165, 1.54) is 19.3 Å². The van der Waals surface area contributed by atoms with E-state index in [9.17, 15) is 4.79 Å². The summed E-state index contributed by atoms with van der Waals surface area (Å²) in [4.78, 5) is 14.0. The van der Waals surface area contributed by atoms with E-state index in [1.807, 2.05) is 25.7 Å². The molecule has 2 aliphatic rings. The second-order valence-electron chi connectivity index (χ2n) is 6.87. The second-order valence-corrected chi connectivity index (χ2v) is 6.87. The first-order valence-corrected chi connectivity index (χ1v) is 7.05. The fourth-order valence-corrected chi connectivity index (χ4v) is 3.15. The van der Waals surface area contributed by atoms with Crippen molar-refractivity contribution in [1.29, 1.82) is 0 Å². The van der Waals surface area contributed by atoms with E-state index in [4.69, 9.17) is 10.5 Å². The summed E-state index contributed by atoms with van der Waals surface area (Å²) in [6.45, 7) is 7.05. The van der Waals surface area contributed by atoms with Crippen molar-refractivity contribution in [3.05, 3.63) is 0 Å². The minimum atomic E-state index is -0.429. The van der Waals surface area contributed by atoms with Crippen LogP contribution in [0, 0.1) is 5.41 Å². The first kappa shape index (κ1) is 13.7. The fourth-order valence-electron chi connectivity index (χ4n) is 3.15. The molecule has 4 nitrogen and oxygen atoms in total. The van der Waals surface area contributed by atoms with Crippen molar-refractivity contribution in [3.8, 4) is 0 Å². The lowest BCUT2D eigenvalue weighted by Crippen LogP contribution is -2.55. The van der Waals surface area contributed by atoms with Gasteiger partial charge in [0.2, 0.25) is 0 Å². The lowest BCUT2D eigenvalue weighted by molar-refractivity contribution is -0.0267. The summed E-state index contributed by atoms with van der Waals surface area (Å²) in [6.07, 6.45) is 5.93. The molecule has 1 saturated heterocycles. The molecule has 1 unspecified atom stereocenters. The first-order valence-electron chi connectivity index (χ1n) is 7.05. The number of hydrogen-bond donors (Lipinski definition) is 1. The molecular weight excluding hydrogens is 228 g/mol. The van der Waals surface area contributed by atoms with Gasteiger partial charge in [0.05, 0.1) is 0 Å². The number of rotatable bonds is 1. The zero-order valence-electron chi connectivity index (χ0n) is 11.9. The second kappa shape index (κ2) is 4.72. The third-order valence-electron chi connectivity index (χ3n) is 4.31. The zero-order chi connectivity index (χ0) is 13.4. The minimum Gasteiger partial charge on any atom is -0.444 e. The smallest absolute Gasteiger partial charge is 0.410 e. The van der Waals surface area contributed by atoms with Gasteiger partial charge >= 0.3 is 6.09 Å². The van der Waals surface area contributed by atoms with Gasteiger partial charge in [-0.3, -0.25) is 0 Å². The molecule has 0 aromatic heterocycles. The van der Waals surface area contributed by atoms with Crippen molar-refractivity contribution < 1.29 is 9.53 Å². The third-order valence-corrected chi connectivity index (χ3v) is 4.31. The zero-order valence-corrected chi connectivity index (χ0v) is 11.9. The SMILES string of the molecule is CC(C)(C)OC(=O)N1CCC2(CCC2)CC1CN.